The third kappa shape index (κ3) is 4.53. The fourth-order valence-electron chi connectivity index (χ4n) is 1.87. The largest absolute Gasteiger partial charge is 0.354 e. The number of aryl methyl sites for hydroxylation is 1. The highest BCUT2D eigenvalue weighted by atomic mass is 15.1. The van der Waals surface area contributed by atoms with Crippen LogP contribution >= 0.6 is 0 Å². The molecule has 0 spiro atoms. The Bertz CT molecular complexity index is 522. The van der Waals surface area contributed by atoms with Gasteiger partial charge in [-0.25, -0.2) is 4.98 Å². The molecular weight excluding hydrogens is 248 g/mol. The molecule has 20 heavy (non-hydrogen) atoms. The third-order valence-corrected chi connectivity index (χ3v) is 3.04. The lowest BCUT2D eigenvalue weighted by Crippen LogP contribution is -2.06. The Morgan fingerprint density at radius 2 is 1.85 bits per heavy atom. The molecule has 106 valence electrons. The molecule has 4 heteroatoms. The highest BCUT2D eigenvalue weighted by Gasteiger charge is 1.99. The van der Waals surface area contributed by atoms with Crippen LogP contribution < -0.4 is 10.6 Å². The molecule has 1 aromatic carbocycles. The van der Waals surface area contributed by atoms with Crippen molar-refractivity contribution in [2.24, 2.45) is 0 Å². The van der Waals surface area contributed by atoms with E-state index in [2.05, 4.69) is 46.6 Å². The van der Waals surface area contributed by atoms with E-state index in [9.17, 15) is 0 Å². The van der Waals surface area contributed by atoms with E-state index in [0.717, 1.165) is 24.5 Å². The van der Waals surface area contributed by atoms with Gasteiger partial charge < -0.3 is 10.6 Å². The SMILES string of the molecule is CCCCCNc1nccc(Nc2ccc(C)cc2)n1. The maximum Gasteiger partial charge on any atom is 0.224 e. The van der Waals surface area contributed by atoms with Gasteiger partial charge in [-0.3, -0.25) is 0 Å². The fourth-order valence-corrected chi connectivity index (χ4v) is 1.87. The molecule has 4 nitrogen and oxygen atoms in total. The lowest BCUT2D eigenvalue weighted by molar-refractivity contribution is 0.740. The first-order valence-corrected chi connectivity index (χ1v) is 7.18. The lowest BCUT2D eigenvalue weighted by Gasteiger charge is -2.08. The number of aromatic nitrogens is 2. The Morgan fingerprint density at radius 3 is 2.60 bits per heavy atom. The molecule has 0 fully saturated rings. The topological polar surface area (TPSA) is 49.8 Å². The number of hydrogen-bond acceptors (Lipinski definition) is 4. The van der Waals surface area contributed by atoms with E-state index in [1.165, 1.54) is 18.4 Å². The zero-order valence-corrected chi connectivity index (χ0v) is 12.2. The van der Waals surface area contributed by atoms with Gasteiger partial charge in [-0.1, -0.05) is 37.5 Å². The van der Waals surface area contributed by atoms with E-state index in [1.807, 2.05) is 18.2 Å². The van der Waals surface area contributed by atoms with E-state index in [0.29, 0.717) is 5.95 Å². The molecule has 0 saturated carbocycles. The number of benzene rings is 1. The maximum atomic E-state index is 4.45. The average Bonchev–Trinajstić information content (AvgIpc) is 2.47. The summed E-state index contributed by atoms with van der Waals surface area (Å²) in [6.45, 7) is 5.19. The summed E-state index contributed by atoms with van der Waals surface area (Å²) in [5, 5.41) is 6.53. The summed E-state index contributed by atoms with van der Waals surface area (Å²) in [4.78, 5) is 8.69. The Balaban J connectivity index is 1.93. The molecule has 0 bridgehead atoms. The Morgan fingerprint density at radius 1 is 1.05 bits per heavy atom. The highest BCUT2D eigenvalue weighted by Crippen LogP contribution is 2.15. The molecule has 0 atom stereocenters. The molecule has 2 rings (SSSR count). The minimum Gasteiger partial charge on any atom is -0.354 e. The molecule has 1 aromatic heterocycles. The van der Waals surface area contributed by atoms with E-state index in [4.69, 9.17) is 0 Å². The molecule has 0 aliphatic heterocycles. The van der Waals surface area contributed by atoms with Crippen LogP contribution in [0.3, 0.4) is 0 Å². The zero-order valence-electron chi connectivity index (χ0n) is 12.2. The molecule has 2 N–H and O–H groups in total. The van der Waals surface area contributed by atoms with Crippen molar-refractivity contribution in [3.63, 3.8) is 0 Å². The Kier molecular flexibility index (Phi) is 5.35. The lowest BCUT2D eigenvalue weighted by atomic mass is 10.2. The molecule has 1 heterocycles. The minimum atomic E-state index is 0.679. The number of nitrogens with zero attached hydrogens (tertiary/aromatic N) is 2. The van der Waals surface area contributed by atoms with Crippen LogP contribution in [0.5, 0.6) is 0 Å². The van der Waals surface area contributed by atoms with Crippen molar-refractivity contribution in [3.8, 4) is 0 Å². The van der Waals surface area contributed by atoms with Crippen LogP contribution in [-0.4, -0.2) is 16.5 Å². The molecular formula is C16H22N4. The predicted octanol–water partition coefficient (Wildman–Crippen LogP) is 4.13. The first-order chi connectivity index (χ1) is 9.78. The quantitative estimate of drug-likeness (QED) is 0.743. The Hall–Kier alpha value is -2.10. The molecule has 0 aliphatic rings. The van der Waals surface area contributed by atoms with Gasteiger partial charge in [0.1, 0.15) is 5.82 Å². The number of unbranched alkanes of at least 4 members (excludes halogenated alkanes) is 2. The average molecular weight is 270 g/mol. The van der Waals surface area contributed by atoms with Gasteiger partial charge in [0, 0.05) is 18.4 Å². The van der Waals surface area contributed by atoms with Crippen molar-refractivity contribution < 1.29 is 0 Å². The van der Waals surface area contributed by atoms with Gasteiger partial charge in [0.15, 0.2) is 0 Å². The van der Waals surface area contributed by atoms with E-state index in [-0.39, 0.29) is 0 Å². The van der Waals surface area contributed by atoms with Crippen LogP contribution in [0.25, 0.3) is 0 Å². The van der Waals surface area contributed by atoms with E-state index in [1.54, 1.807) is 6.20 Å². The van der Waals surface area contributed by atoms with Crippen molar-refractivity contribution in [3.05, 3.63) is 42.1 Å². The van der Waals surface area contributed by atoms with Crippen LogP contribution in [0.4, 0.5) is 17.5 Å². The van der Waals surface area contributed by atoms with Crippen LogP contribution in [0.15, 0.2) is 36.5 Å². The van der Waals surface area contributed by atoms with E-state index >= 15 is 0 Å². The number of nitrogens with one attached hydrogen (secondary N) is 2. The number of anilines is 3. The standard InChI is InChI=1S/C16H22N4/c1-3-4-5-11-17-16-18-12-10-15(20-16)19-14-8-6-13(2)7-9-14/h6-10,12H,3-5,11H2,1-2H3,(H2,17,18,19,20). The van der Waals surface area contributed by atoms with Gasteiger partial charge in [0.2, 0.25) is 5.95 Å². The second-order valence-electron chi connectivity index (χ2n) is 4.89. The summed E-state index contributed by atoms with van der Waals surface area (Å²) >= 11 is 0. The first-order valence-electron chi connectivity index (χ1n) is 7.18. The third-order valence-electron chi connectivity index (χ3n) is 3.04. The zero-order chi connectivity index (χ0) is 14.2. The normalized spacial score (nSPS) is 10.3. The van der Waals surface area contributed by atoms with Gasteiger partial charge in [-0.15, -0.1) is 0 Å². The highest BCUT2D eigenvalue weighted by molar-refractivity contribution is 5.57. The van der Waals surface area contributed by atoms with Crippen molar-refractivity contribution in [1.82, 2.24) is 9.97 Å². The van der Waals surface area contributed by atoms with Gasteiger partial charge in [0.05, 0.1) is 0 Å². The molecule has 0 unspecified atom stereocenters. The summed E-state index contributed by atoms with van der Waals surface area (Å²) in [6.07, 6.45) is 5.37. The fraction of sp³-hybridized carbons (Fsp3) is 0.375. The summed E-state index contributed by atoms with van der Waals surface area (Å²) in [5.74, 6) is 1.49. The predicted molar refractivity (Wildman–Crippen MR) is 84.5 cm³/mol. The van der Waals surface area contributed by atoms with Crippen molar-refractivity contribution >= 4 is 17.5 Å². The summed E-state index contributed by atoms with van der Waals surface area (Å²) in [7, 11) is 0. The van der Waals surface area contributed by atoms with E-state index < -0.39 is 0 Å². The van der Waals surface area contributed by atoms with Gasteiger partial charge in [0.25, 0.3) is 0 Å². The van der Waals surface area contributed by atoms with Crippen molar-refractivity contribution in [1.29, 1.82) is 0 Å². The van der Waals surface area contributed by atoms with Crippen LogP contribution in [-0.2, 0) is 0 Å². The molecule has 0 radical (unpaired) electrons. The molecule has 2 aromatic rings. The summed E-state index contributed by atoms with van der Waals surface area (Å²) in [6, 6.07) is 10.1. The summed E-state index contributed by atoms with van der Waals surface area (Å²) < 4.78 is 0. The smallest absolute Gasteiger partial charge is 0.224 e. The van der Waals surface area contributed by atoms with Gasteiger partial charge in [-0.2, -0.15) is 4.98 Å². The molecule has 0 amide bonds. The molecule has 0 saturated heterocycles. The van der Waals surface area contributed by atoms with Gasteiger partial charge >= 0.3 is 0 Å². The number of hydrogen-bond donors (Lipinski definition) is 2. The molecule has 0 aliphatic carbocycles. The van der Waals surface area contributed by atoms with Crippen molar-refractivity contribution in [2.75, 3.05) is 17.2 Å². The van der Waals surface area contributed by atoms with Crippen LogP contribution in [0.1, 0.15) is 31.7 Å². The monoisotopic (exact) mass is 270 g/mol. The second-order valence-corrected chi connectivity index (χ2v) is 4.89. The second kappa shape index (κ2) is 7.48. The van der Waals surface area contributed by atoms with Crippen LogP contribution in [0, 0.1) is 6.92 Å². The van der Waals surface area contributed by atoms with Crippen molar-refractivity contribution in [2.45, 2.75) is 33.1 Å². The maximum absolute atomic E-state index is 4.45. The summed E-state index contributed by atoms with van der Waals surface area (Å²) in [5.41, 5.74) is 2.28. The first kappa shape index (κ1) is 14.3. The Labute approximate surface area is 120 Å². The minimum absolute atomic E-state index is 0.679. The van der Waals surface area contributed by atoms with Crippen LogP contribution in [0.2, 0.25) is 0 Å². The number of rotatable bonds is 7. The van der Waals surface area contributed by atoms with Gasteiger partial charge in [-0.05, 0) is 31.5 Å².